The van der Waals surface area contributed by atoms with Crippen molar-refractivity contribution in [1.82, 2.24) is 0 Å². The van der Waals surface area contributed by atoms with E-state index in [1.165, 1.54) is 11.8 Å². The number of Topliss-reactive ketones (excluding diaryl/α,β-unsaturated/α-hetero) is 1. The van der Waals surface area contributed by atoms with Gasteiger partial charge in [0.05, 0.1) is 10.8 Å². The van der Waals surface area contributed by atoms with E-state index in [4.69, 9.17) is 23.2 Å². The number of benzene rings is 2. The average molecular weight is 343 g/mol. The number of hydrogen-bond donors (Lipinski definition) is 0. The summed E-state index contributed by atoms with van der Waals surface area (Å²) in [6.07, 6.45) is 2.01. The molecule has 0 spiro atoms. The number of rotatable bonds is 5. The molecule has 0 saturated heterocycles. The van der Waals surface area contributed by atoms with Crippen molar-refractivity contribution in [2.24, 2.45) is 0 Å². The van der Waals surface area contributed by atoms with E-state index in [0.717, 1.165) is 9.79 Å². The molecule has 2 rings (SSSR count). The van der Waals surface area contributed by atoms with E-state index in [-0.39, 0.29) is 5.78 Å². The molecule has 0 bridgehead atoms. The summed E-state index contributed by atoms with van der Waals surface area (Å²) in [5.74, 6) is 0.428. The summed E-state index contributed by atoms with van der Waals surface area (Å²) in [6.45, 7) is 0. The molecule has 2 aromatic carbocycles. The first-order valence-corrected chi connectivity index (χ1v) is 8.82. The maximum absolute atomic E-state index is 12.1. The molecule has 20 heavy (non-hydrogen) atoms. The van der Waals surface area contributed by atoms with Gasteiger partial charge < -0.3 is 0 Å². The number of hydrogen-bond acceptors (Lipinski definition) is 3. The van der Waals surface area contributed by atoms with Crippen molar-refractivity contribution in [3.63, 3.8) is 0 Å². The minimum atomic E-state index is 0.0821. The monoisotopic (exact) mass is 342 g/mol. The van der Waals surface area contributed by atoms with E-state index in [1.54, 1.807) is 30.0 Å². The second-order valence-corrected chi connectivity index (χ2v) is 6.76. The number of ketones is 1. The Bertz CT molecular complexity index is 612. The highest BCUT2D eigenvalue weighted by atomic mass is 35.5. The molecule has 0 unspecified atom stereocenters. The molecule has 1 nitrogen and oxygen atoms in total. The fourth-order valence-electron chi connectivity index (χ4n) is 1.59. The maximum Gasteiger partial charge on any atom is 0.173 e. The molecule has 0 amide bonds. The van der Waals surface area contributed by atoms with Crippen LogP contribution in [-0.2, 0) is 0 Å². The van der Waals surface area contributed by atoms with E-state index < -0.39 is 0 Å². The van der Waals surface area contributed by atoms with E-state index in [2.05, 4.69) is 0 Å². The Labute approximate surface area is 137 Å². The van der Waals surface area contributed by atoms with Crippen molar-refractivity contribution in [3.05, 3.63) is 58.1 Å². The Kier molecular flexibility index (Phi) is 5.85. The summed E-state index contributed by atoms with van der Waals surface area (Å²) in [6, 6.07) is 12.9. The number of halogens is 2. The lowest BCUT2D eigenvalue weighted by molar-refractivity contribution is 0.102. The number of carbonyl (C=O) groups excluding carboxylic acids is 1. The van der Waals surface area contributed by atoms with Crippen LogP contribution < -0.4 is 0 Å². The van der Waals surface area contributed by atoms with Crippen LogP contribution in [0.15, 0.2) is 52.3 Å². The summed E-state index contributed by atoms with van der Waals surface area (Å²) in [4.78, 5) is 14.1. The second kappa shape index (κ2) is 7.41. The van der Waals surface area contributed by atoms with Crippen LogP contribution >= 0.6 is 46.7 Å². The van der Waals surface area contributed by atoms with Gasteiger partial charge in [-0.15, -0.1) is 23.5 Å². The summed E-state index contributed by atoms with van der Waals surface area (Å²) < 4.78 is 0. The standard InChI is InChI=1S/C15H12Cl2OS2/c1-19-12-5-2-10(3-6-12)14(18)9-20-15-8-11(16)4-7-13(15)17/h2-8H,9H2,1H3. The van der Waals surface area contributed by atoms with Gasteiger partial charge in [-0.25, -0.2) is 0 Å². The summed E-state index contributed by atoms with van der Waals surface area (Å²) in [7, 11) is 0. The topological polar surface area (TPSA) is 17.1 Å². The molecule has 2 aromatic rings. The Morgan fingerprint density at radius 2 is 1.80 bits per heavy atom. The smallest absolute Gasteiger partial charge is 0.173 e. The van der Waals surface area contributed by atoms with Crippen molar-refractivity contribution in [1.29, 1.82) is 0 Å². The quantitative estimate of drug-likeness (QED) is 0.513. The lowest BCUT2D eigenvalue weighted by atomic mass is 10.1. The Balaban J connectivity index is 2.02. The maximum atomic E-state index is 12.1. The van der Waals surface area contributed by atoms with Crippen molar-refractivity contribution >= 4 is 52.5 Å². The normalized spacial score (nSPS) is 10.6. The van der Waals surface area contributed by atoms with E-state index in [9.17, 15) is 4.79 Å². The van der Waals surface area contributed by atoms with Crippen molar-refractivity contribution in [2.45, 2.75) is 9.79 Å². The molecule has 0 aliphatic carbocycles. The van der Waals surface area contributed by atoms with Crippen LogP contribution in [-0.4, -0.2) is 17.8 Å². The van der Waals surface area contributed by atoms with Gasteiger partial charge in [0.1, 0.15) is 0 Å². The van der Waals surface area contributed by atoms with Gasteiger partial charge >= 0.3 is 0 Å². The molecule has 5 heteroatoms. The molecule has 0 radical (unpaired) electrons. The summed E-state index contributed by atoms with van der Waals surface area (Å²) in [5.41, 5.74) is 0.716. The van der Waals surface area contributed by atoms with Gasteiger partial charge in [-0.1, -0.05) is 35.3 Å². The highest BCUT2D eigenvalue weighted by Gasteiger charge is 2.09. The first-order chi connectivity index (χ1) is 9.60. The van der Waals surface area contributed by atoms with Gasteiger partial charge in [-0.05, 0) is 36.6 Å². The highest BCUT2D eigenvalue weighted by Crippen LogP contribution is 2.30. The molecule has 104 valence electrons. The molecule has 0 saturated carbocycles. The van der Waals surface area contributed by atoms with Crippen LogP contribution in [0.25, 0.3) is 0 Å². The third-order valence-electron chi connectivity index (χ3n) is 2.66. The van der Waals surface area contributed by atoms with E-state index >= 15 is 0 Å². The lowest BCUT2D eigenvalue weighted by Crippen LogP contribution is -2.02. The highest BCUT2D eigenvalue weighted by molar-refractivity contribution is 8.00. The van der Waals surface area contributed by atoms with Crippen molar-refractivity contribution in [2.75, 3.05) is 12.0 Å². The molecule has 0 N–H and O–H groups in total. The van der Waals surface area contributed by atoms with E-state index in [0.29, 0.717) is 21.4 Å². The Morgan fingerprint density at radius 3 is 2.45 bits per heavy atom. The minimum Gasteiger partial charge on any atom is -0.293 e. The van der Waals surface area contributed by atoms with Crippen LogP contribution in [0.1, 0.15) is 10.4 Å². The first-order valence-electron chi connectivity index (χ1n) is 5.85. The molecule has 0 heterocycles. The lowest BCUT2D eigenvalue weighted by Gasteiger charge is -2.05. The largest absolute Gasteiger partial charge is 0.293 e. The first kappa shape index (κ1) is 15.8. The molecular weight excluding hydrogens is 331 g/mol. The average Bonchev–Trinajstić information content (AvgIpc) is 2.48. The zero-order valence-electron chi connectivity index (χ0n) is 10.7. The minimum absolute atomic E-state index is 0.0821. The third kappa shape index (κ3) is 4.19. The van der Waals surface area contributed by atoms with Crippen LogP contribution in [0.5, 0.6) is 0 Å². The molecular formula is C15H12Cl2OS2. The summed E-state index contributed by atoms with van der Waals surface area (Å²) >= 11 is 15.1. The van der Waals surface area contributed by atoms with Gasteiger partial charge in [0.2, 0.25) is 0 Å². The van der Waals surface area contributed by atoms with Gasteiger partial charge in [-0.3, -0.25) is 4.79 Å². The van der Waals surface area contributed by atoms with Crippen LogP contribution in [0.3, 0.4) is 0 Å². The fourth-order valence-corrected chi connectivity index (χ4v) is 3.39. The molecule has 0 aliphatic heterocycles. The third-order valence-corrected chi connectivity index (χ3v) is 5.14. The number of carbonyl (C=O) groups is 1. The Morgan fingerprint density at radius 1 is 1.10 bits per heavy atom. The zero-order chi connectivity index (χ0) is 14.5. The van der Waals surface area contributed by atoms with Gasteiger partial charge in [0, 0.05) is 20.4 Å². The van der Waals surface area contributed by atoms with Crippen LogP contribution in [0.4, 0.5) is 0 Å². The van der Waals surface area contributed by atoms with E-state index in [1.807, 2.05) is 30.5 Å². The molecule has 0 aliphatic rings. The predicted molar refractivity (Wildman–Crippen MR) is 89.7 cm³/mol. The number of thioether (sulfide) groups is 2. The Hall–Kier alpha value is -0.610. The van der Waals surface area contributed by atoms with Gasteiger partial charge in [0.25, 0.3) is 0 Å². The van der Waals surface area contributed by atoms with Gasteiger partial charge in [-0.2, -0.15) is 0 Å². The van der Waals surface area contributed by atoms with Crippen molar-refractivity contribution < 1.29 is 4.79 Å². The van der Waals surface area contributed by atoms with Crippen molar-refractivity contribution in [3.8, 4) is 0 Å². The van der Waals surface area contributed by atoms with Gasteiger partial charge in [0.15, 0.2) is 5.78 Å². The molecule has 0 atom stereocenters. The van der Waals surface area contributed by atoms with Crippen LogP contribution in [0.2, 0.25) is 10.0 Å². The molecule has 0 fully saturated rings. The zero-order valence-corrected chi connectivity index (χ0v) is 13.9. The SMILES string of the molecule is CSc1ccc(C(=O)CSc2cc(Cl)ccc2Cl)cc1. The van der Waals surface area contributed by atoms with Crippen LogP contribution in [0, 0.1) is 0 Å². The molecule has 0 aromatic heterocycles. The predicted octanol–water partition coefficient (Wildman–Crippen LogP) is 5.69. The second-order valence-electron chi connectivity index (χ2n) is 4.02. The summed E-state index contributed by atoms with van der Waals surface area (Å²) in [5, 5.41) is 1.23. The fraction of sp³-hybridized carbons (Fsp3) is 0.133.